The number of nitrogens with one attached hydrogen (secondary N) is 1. The monoisotopic (exact) mass is 258 g/mol. The van der Waals surface area contributed by atoms with Crippen LogP contribution in [0.4, 0.5) is 10.2 Å². The maximum absolute atomic E-state index is 12.9. The summed E-state index contributed by atoms with van der Waals surface area (Å²) in [6, 6.07) is 0.826. The number of anilines is 1. The number of pyridine rings is 1. The van der Waals surface area contributed by atoms with Crippen LogP contribution in [-0.4, -0.2) is 45.0 Å². The third kappa shape index (κ3) is 2.93. The third-order valence-corrected chi connectivity index (χ3v) is 2.75. The molecule has 0 amide bonds. The molecule has 0 aromatic carbocycles. The van der Waals surface area contributed by atoms with E-state index in [1.54, 1.807) is 6.92 Å². The number of hydrogen-bond acceptors (Lipinski definition) is 5. The maximum Gasteiger partial charge on any atom is 0.339 e. The lowest BCUT2D eigenvalue weighted by atomic mass is 9.98. The first-order chi connectivity index (χ1) is 8.48. The molecule has 0 spiro atoms. The highest BCUT2D eigenvalue weighted by molar-refractivity contribution is 5.93. The number of carbonyl (C=O) groups is 1. The van der Waals surface area contributed by atoms with Gasteiger partial charge in [-0.05, 0) is 12.5 Å². The quantitative estimate of drug-likeness (QED) is 0.591. The van der Waals surface area contributed by atoms with E-state index >= 15 is 0 Å². The van der Waals surface area contributed by atoms with Crippen molar-refractivity contribution >= 4 is 11.8 Å². The molecule has 0 radical (unpaired) electrons. The topological polar surface area (TPSA) is 103 Å². The number of aromatic nitrogens is 1. The number of nitrogens with zero attached hydrogens (tertiary/aromatic N) is 1. The molecule has 100 valence electrons. The van der Waals surface area contributed by atoms with Crippen LogP contribution in [0.25, 0.3) is 0 Å². The minimum atomic E-state index is -1.34. The van der Waals surface area contributed by atoms with Gasteiger partial charge in [-0.1, -0.05) is 6.92 Å². The molecule has 0 bridgehead atoms. The van der Waals surface area contributed by atoms with Crippen LogP contribution in [0.3, 0.4) is 0 Å². The van der Waals surface area contributed by atoms with Crippen molar-refractivity contribution in [3.63, 3.8) is 0 Å². The molecule has 0 unspecified atom stereocenters. The Morgan fingerprint density at radius 2 is 2.11 bits per heavy atom. The molecule has 4 N–H and O–H groups in total. The van der Waals surface area contributed by atoms with Crippen LogP contribution < -0.4 is 5.32 Å². The second-order valence-corrected chi connectivity index (χ2v) is 3.93. The van der Waals surface area contributed by atoms with Gasteiger partial charge in [-0.15, -0.1) is 0 Å². The van der Waals surface area contributed by atoms with Gasteiger partial charge in [0.25, 0.3) is 0 Å². The normalized spacial score (nSPS) is 11.3. The van der Waals surface area contributed by atoms with Crippen LogP contribution in [0.5, 0.6) is 0 Å². The number of carboxylic acid groups (broad SMARTS) is 1. The lowest BCUT2D eigenvalue weighted by Crippen LogP contribution is -2.45. The second kappa shape index (κ2) is 5.74. The van der Waals surface area contributed by atoms with E-state index in [1.807, 2.05) is 0 Å². The SMILES string of the molecule is CCC(CO)(CO)Nc1ncc(F)cc1C(=O)O. The Kier molecular flexibility index (Phi) is 4.57. The van der Waals surface area contributed by atoms with Crippen molar-refractivity contribution in [1.29, 1.82) is 0 Å². The van der Waals surface area contributed by atoms with Gasteiger partial charge in [0.05, 0.1) is 24.9 Å². The van der Waals surface area contributed by atoms with Gasteiger partial charge in [0.15, 0.2) is 0 Å². The van der Waals surface area contributed by atoms with E-state index in [0.29, 0.717) is 6.42 Å². The number of aromatic carboxylic acids is 1. The van der Waals surface area contributed by atoms with Gasteiger partial charge in [-0.25, -0.2) is 14.2 Å². The fraction of sp³-hybridized carbons (Fsp3) is 0.455. The number of rotatable bonds is 6. The Morgan fingerprint density at radius 3 is 2.56 bits per heavy atom. The van der Waals surface area contributed by atoms with Crippen molar-refractivity contribution < 1.29 is 24.5 Å². The van der Waals surface area contributed by atoms with Gasteiger partial charge >= 0.3 is 5.97 Å². The molecule has 1 heterocycles. The predicted molar refractivity (Wildman–Crippen MR) is 62.0 cm³/mol. The summed E-state index contributed by atoms with van der Waals surface area (Å²) in [7, 11) is 0. The van der Waals surface area contributed by atoms with E-state index in [4.69, 9.17) is 5.11 Å². The summed E-state index contributed by atoms with van der Waals surface area (Å²) in [4.78, 5) is 14.6. The largest absolute Gasteiger partial charge is 0.478 e. The first kappa shape index (κ1) is 14.3. The summed E-state index contributed by atoms with van der Waals surface area (Å²) in [6.07, 6.45) is 1.21. The zero-order chi connectivity index (χ0) is 13.8. The van der Waals surface area contributed by atoms with Crippen LogP contribution in [0.15, 0.2) is 12.3 Å². The molecular formula is C11H15FN2O4. The molecule has 1 rings (SSSR count). The van der Waals surface area contributed by atoms with E-state index < -0.39 is 30.5 Å². The molecule has 0 aliphatic rings. The number of carboxylic acids is 1. The van der Waals surface area contributed by atoms with E-state index in [-0.39, 0.29) is 11.4 Å². The van der Waals surface area contributed by atoms with Gasteiger partial charge in [-0.3, -0.25) is 0 Å². The van der Waals surface area contributed by atoms with Gasteiger partial charge in [0, 0.05) is 0 Å². The van der Waals surface area contributed by atoms with Gasteiger partial charge < -0.3 is 20.6 Å². The molecule has 0 aliphatic heterocycles. The molecule has 1 aromatic rings. The maximum atomic E-state index is 12.9. The van der Waals surface area contributed by atoms with Crippen LogP contribution >= 0.6 is 0 Å². The molecular weight excluding hydrogens is 243 g/mol. The predicted octanol–water partition coefficient (Wildman–Crippen LogP) is 0.464. The minimum Gasteiger partial charge on any atom is -0.478 e. The summed E-state index contributed by atoms with van der Waals surface area (Å²) in [5.74, 6) is -2.20. The number of aliphatic hydroxyl groups is 2. The van der Waals surface area contributed by atoms with Crippen LogP contribution in [0, 0.1) is 5.82 Å². The van der Waals surface area contributed by atoms with Crippen molar-refractivity contribution in [3.05, 3.63) is 23.6 Å². The van der Waals surface area contributed by atoms with E-state index in [9.17, 15) is 19.4 Å². The van der Waals surface area contributed by atoms with Gasteiger partial charge in [-0.2, -0.15) is 0 Å². The number of hydrogen-bond donors (Lipinski definition) is 4. The van der Waals surface area contributed by atoms with Crippen molar-refractivity contribution in [2.24, 2.45) is 0 Å². The zero-order valence-electron chi connectivity index (χ0n) is 9.85. The van der Waals surface area contributed by atoms with Crippen molar-refractivity contribution in [3.8, 4) is 0 Å². The molecule has 7 heteroatoms. The van der Waals surface area contributed by atoms with Crippen molar-refractivity contribution in [2.75, 3.05) is 18.5 Å². The molecule has 0 saturated carbocycles. The Bertz CT molecular complexity index is 427. The van der Waals surface area contributed by atoms with Crippen LogP contribution in [0.2, 0.25) is 0 Å². The lowest BCUT2D eigenvalue weighted by molar-refractivity contribution is 0.0696. The Morgan fingerprint density at radius 1 is 1.50 bits per heavy atom. The third-order valence-electron chi connectivity index (χ3n) is 2.75. The minimum absolute atomic E-state index is 0.0890. The first-order valence-electron chi connectivity index (χ1n) is 5.36. The standard InChI is InChI=1S/C11H15FN2O4/c1-2-11(5-15,6-16)14-9-8(10(17)18)3-7(12)4-13-9/h3-4,15-16H,2,5-6H2,1H3,(H,13,14)(H,17,18). The van der Waals surface area contributed by atoms with E-state index in [2.05, 4.69) is 10.3 Å². The van der Waals surface area contributed by atoms with Crippen LogP contribution in [0.1, 0.15) is 23.7 Å². The fourth-order valence-electron chi connectivity index (χ4n) is 1.39. The first-order valence-corrected chi connectivity index (χ1v) is 5.36. The van der Waals surface area contributed by atoms with Crippen LogP contribution in [-0.2, 0) is 0 Å². The molecule has 0 fully saturated rings. The molecule has 0 aliphatic carbocycles. The lowest BCUT2D eigenvalue weighted by Gasteiger charge is -2.30. The molecule has 18 heavy (non-hydrogen) atoms. The summed E-state index contributed by atoms with van der Waals surface area (Å²) in [6.45, 7) is 0.902. The Hall–Kier alpha value is -1.73. The molecule has 1 aromatic heterocycles. The Labute approximate surface area is 103 Å². The number of halogens is 1. The van der Waals surface area contributed by atoms with Gasteiger partial charge in [0.2, 0.25) is 0 Å². The van der Waals surface area contributed by atoms with Gasteiger partial charge in [0.1, 0.15) is 17.2 Å². The van der Waals surface area contributed by atoms with E-state index in [1.165, 1.54) is 0 Å². The van der Waals surface area contributed by atoms with Crippen molar-refractivity contribution in [2.45, 2.75) is 18.9 Å². The smallest absolute Gasteiger partial charge is 0.339 e. The highest BCUT2D eigenvalue weighted by Gasteiger charge is 2.28. The van der Waals surface area contributed by atoms with E-state index in [0.717, 1.165) is 12.3 Å². The second-order valence-electron chi connectivity index (χ2n) is 3.93. The van der Waals surface area contributed by atoms with Crippen molar-refractivity contribution in [1.82, 2.24) is 4.98 Å². The molecule has 6 nitrogen and oxygen atoms in total. The number of aliphatic hydroxyl groups excluding tert-OH is 2. The highest BCUT2D eigenvalue weighted by Crippen LogP contribution is 2.20. The highest BCUT2D eigenvalue weighted by atomic mass is 19.1. The summed E-state index contributed by atoms with van der Waals surface area (Å²) >= 11 is 0. The molecule has 0 atom stereocenters. The molecule has 0 saturated heterocycles. The summed E-state index contributed by atoms with van der Waals surface area (Å²) in [5, 5.41) is 30.1. The average Bonchev–Trinajstić information content (AvgIpc) is 2.37. The zero-order valence-corrected chi connectivity index (χ0v) is 9.85. The summed E-state index contributed by atoms with van der Waals surface area (Å²) in [5.41, 5.74) is -1.44. The average molecular weight is 258 g/mol. The Balaban J connectivity index is 3.13. The summed E-state index contributed by atoms with van der Waals surface area (Å²) < 4.78 is 12.9. The fourth-order valence-corrected chi connectivity index (χ4v) is 1.39.